The van der Waals surface area contributed by atoms with Crippen molar-refractivity contribution in [3.63, 3.8) is 0 Å². The van der Waals surface area contributed by atoms with E-state index in [0.29, 0.717) is 12.1 Å². The maximum absolute atomic E-state index is 9.07. The zero-order chi connectivity index (χ0) is 13.0. The molecule has 0 spiro atoms. The maximum Gasteiger partial charge on any atom is 0.0681 e. The first-order chi connectivity index (χ1) is 8.70. The molecular weight excluding hydrogens is 224 g/mol. The lowest BCUT2D eigenvalue weighted by Gasteiger charge is -2.28. The monoisotopic (exact) mass is 248 g/mol. The van der Waals surface area contributed by atoms with Crippen molar-refractivity contribution in [3.8, 4) is 0 Å². The Hall–Kier alpha value is -0.900. The first-order valence-electron chi connectivity index (χ1n) is 6.88. The molecule has 0 amide bonds. The molecule has 1 heterocycles. The summed E-state index contributed by atoms with van der Waals surface area (Å²) in [5.74, 6) is 0. The molecule has 0 aliphatic carbocycles. The highest BCUT2D eigenvalue weighted by Gasteiger charge is 2.20. The number of aliphatic hydroxyl groups is 1. The van der Waals surface area contributed by atoms with E-state index in [-0.39, 0.29) is 6.61 Å². The van der Waals surface area contributed by atoms with E-state index in [1.165, 1.54) is 18.5 Å². The largest absolute Gasteiger partial charge is 0.392 e. The van der Waals surface area contributed by atoms with Gasteiger partial charge in [0.05, 0.1) is 6.61 Å². The van der Waals surface area contributed by atoms with E-state index in [4.69, 9.17) is 5.11 Å². The van der Waals surface area contributed by atoms with Crippen LogP contribution in [0.25, 0.3) is 0 Å². The van der Waals surface area contributed by atoms with Crippen LogP contribution in [0, 0.1) is 0 Å². The van der Waals surface area contributed by atoms with E-state index in [0.717, 1.165) is 18.7 Å². The second-order valence-electron chi connectivity index (χ2n) is 5.35. The van der Waals surface area contributed by atoms with Gasteiger partial charge in [0.2, 0.25) is 0 Å². The minimum Gasteiger partial charge on any atom is -0.392 e. The van der Waals surface area contributed by atoms with Gasteiger partial charge in [-0.3, -0.25) is 4.90 Å². The van der Waals surface area contributed by atoms with Crippen molar-refractivity contribution in [1.29, 1.82) is 0 Å². The molecule has 18 heavy (non-hydrogen) atoms. The number of hydrogen-bond donors (Lipinski definition) is 2. The summed E-state index contributed by atoms with van der Waals surface area (Å²) in [5.41, 5.74) is 2.30. The van der Waals surface area contributed by atoms with Crippen LogP contribution in [0.2, 0.25) is 0 Å². The Morgan fingerprint density at radius 2 is 2.06 bits per heavy atom. The summed E-state index contributed by atoms with van der Waals surface area (Å²) in [7, 11) is 0. The summed E-state index contributed by atoms with van der Waals surface area (Å²) in [6, 6.07) is 9.30. The Morgan fingerprint density at radius 3 is 2.67 bits per heavy atom. The Balaban J connectivity index is 2.09. The number of aliphatic hydroxyl groups excluding tert-OH is 1. The van der Waals surface area contributed by atoms with Gasteiger partial charge in [-0.25, -0.2) is 0 Å². The summed E-state index contributed by atoms with van der Waals surface area (Å²) < 4.78 is 0. The molecule has 1 aromatic rings. The predicted octanol–water partition coefficient (Wildman–Crippen LogP) is 1.92. The van der Waals surface area contributed by atoms with Crippen LogP contribution in [0.4, 0.5) is 0 Å². The molecule has 0 aromatic heterocycles. The molecule has 1 aliphatic heterocycles. The van der Waals surface area contributed by atoms with Gasteiger partial charge < -0.3 is 10.4 Å². The normalized spacial score (nSPS) is 22.1. The smallest absolute Gasteiger partial charge is 0.0681 e. The average Bonchev–Trinajstić information content (AvgIpc) is 2.65. The van der Waals surface area contributed by atoms with Crippen LogP contribution >= 0.6 is 0 Å². The van der Waals surface area contributed by atoms with Crippen molar-refractivity contribution < 1.29 is 5.11 Å². The topological polar surface area (TPSA) is 35.5 Å². The van der Waals surface area contributed by atoms with Gasteiger partial charge in [0, 0.05) is 18.6 Å². The number of hydrogen-bond acceptors (Lipinski definition) is 3. The number of rotatable bonds is 3. The third kappa shape index (κ3) is 3.31. The molecular formula is C15H24N2O. The quantitative estimate of drug-likeness (QED) is 0.858. The minimum absolute atomic E-state index is 0.122. The van der Waals surface area contributed by atoms with Crippen LogP contribution in [-0.2, 0) is 6.61 Å². The van der Waals surface area contributed by atoms with E-state index in [2.05, 4.69) is 36.2 Å². The van der Waals surface area contributed by atoms with Crippen molar-refractivity contribution in [1.82, 2.24) is 10.2 Å². The van der Waals surface area contributed by atoms with Crippen LogP contribution in [-0.4, -0.2) is 35.7 Å². The molecule has 100 valence electrons. The van der Waals surface area contributed by atoms with E-state index >= 15 is 0 Å². The fraction of sp³-hybridized carbons (Fsp3) is 0.600. The van der Waals surface area contributed by atoms with Gasteiger partial charge in [0.25, 0.3) is 0 Å². The zero-order valence-corrected chi connectivity index (χ0v) is 11.4. The standard InChI is InChI=1S/C15H24N2O/c1-12(2)17-9-3-8-16-15(10-17)14-6-4-13(11-18)5-7-14/h4-7,12,15-16,18H,3,8-11H2,1-2H3. The van der Waals surface area contributed by atoms with Crippen LogP contribution in [0.15, 0.2) is 24.3 Å². The predicted molar refractivity (Wildman–Crippen MR) is 74.4 cm³/mol. The Labute approximate surface area is 110 Å². The van der Waals surface area contributed by atoms with Gasteiger partial charge in [0.1, 0.15) is 0 Å². The van der Waals surface area contributed by atoms with Gasteiger partial charge in [-0.1, -0.05) is 24.3 Å². The lowest BCUT2D eigenvalue weighted by Crippen LogP contribution is -2.36. The lowest BCUT2D eigenvalue weighted by molar-refractivity contribution is 0.218. The molecule has 1 atom stereocenters. The fourth-order valence-electron chi connectivity index (χ4n) is 2.50. The Bertz CT molecular complexity index is 361. The second-order valence-corrected chi connectivity index (χ2v) is 5.35. The molecule has 2 N–H and O–H groups in total. The molecule has 1 fully saturated rings. The van der Waals surface area contributed by atoms with E-state index in [1.807, 2.05) is 12.1 Å². The Morgan fingerprint density at radius 1 is 1.33 bits per heavy atom. The van der Waals surface area contributed by atoms with Crippen LogP contribution in [0.1, 0.15) is 37.4 Å². The second kappa shape index (κ2) is 6.32. The summed E-state index contributed by atoms with van der Waals surface area (Å²) in [6.45, 7) is 7.96. The molecule has 3 heteroatoms. The number of nitrogens with one attached hydrogen (secondary N) is 1. The van der Waals surface area contributed by atoms with E-state index in [9.17, 15) is 0 Å². The van der Waals surface area contributed by atoms with Crippen LogP contribution in [0.3, 0.4) is 0 Å². The molecule has 1 aromatic carbocycles. The van der Waals surface area contributed by atoms with Crippen molar-refractivity contribution >= 4 is 0 Å². The highest BCUT2D eigenvalue weighted by atomic mass is 16.3. The van der Waals surface area contributed by atoms with Crippen molar-refractivity contribution in [2.45, 2.75) is 39.0 Å². The molecule has 1 saturated heterocycles. The van der Waals surface area contributed by atoms with Crippen molar-refractivity contribution in [2.75, 3.05) is 19.6 Å². The highest BCUT2D eigenvalue weighted by Crippen LogP contribution is 2.19. The van der Waals surface area contributed by atoms with Gasteiger partial charge in [-0.05, 0) is 44.5 Å². The summed E-state index contributed by atoms with van der Waals surface area (Å²) in [5, 5.41) is 12.7. The third-order valence-electron chi connectivity index (χ3n) is 3.72. The van der Waals surface area contributed by atoms with Crippen molar-refractivity contribution in [3.05, 3.63) is 35.4 Å². The highest BCUT2D eigenvalue weighted by molar-refractivity contribution is 5.25. The lowest BCUT2D eigenvalue weighted by atomic mass is 10.0. The first-order valence-corrected chi connectivity index (χ1v) is 6.88. The SMILES string of the molecule is CC(C)N1CCCNC(c2ccc(CO)cc2)C1. The molecule has 1 aliphatic rings. The fourth-order valence-corrected chi connectivity index (χ4v) is 2.50. The molecule has 0 saturated carbocycles. The summed E-state index contributed by atoms with van der Waals surface area (Å²) in [4.78, 5) is 2.53. The van der Waals surface area contributed by atoms with Gasteiger partial charge in [-0.15, -0.1) is 0 Å². The molecule has 3 nitrogen and oxygen atoms in total. The van der Waals surface area contributed by atoms with Gasteiger partial charge >= 0.3 is 0 Å². The van der Waals surface area contributed by atoms with Crippen molar-refractivity contribution in [2.24, 2.45) is 0 Å². The van der Waals surface area contributed by atoms with E-state index in [1.54, 1.807) is 0 Å². The molecule has 2 rings (SSSR count). The Kier molecular flexibility index (Phi) is 4.75. The summed E-state index contributed by atoms with van der Waals surface area (Å²) >= 11 is 0. The molecule has 0 bridgehead atoms. The summed E-state index contributed by atoms with van der Waals surface area (Å²) in [6.07, 6.45) is 1.21. The minimum atomic E-state index is 0.122. The third-order valence-corrected chi connectivity index (χ3v) is 3.72. The van der Waals surface area contributed by atoms with Crippen LogP contribution < -0.4 is 5.32 Å². The van der Waals surface area contributed by atoms with Gasteiger partial charge in [-0.2, -0.15) is 0 Å². The average molecular weight is 248 g/mol. The van der Waals surface area contributed by atoms with Crippen LogP contribution in [0.5, 0.6) is 0 Å². The molecule has 1 unspecified atom stereocenters. The maximum atomic E-state index is 9.07. The number of nitrogens with zero attached hydrogens (tertiary/aromatic N) is 1. The first kappa shape index (κ1) is 13.5. The molecule has 0 radical (unpaired) electrons. The number of benzene rings is 1. The zero-order valence-electron chi connectivity index (χ0n) is 11.4. The van der Waals surface area contributed by atoms with E-state index < -0.39 is 0 Å². The van der Waals surface area contributed by atoms with Gasteiger partial charge in [0.15, 0.2) is 0 Å².